The lowest BCUT2D eigenvalue weighted by molar-refractivity contribution is 0.0458. The average Bonchev–Trinajstić information content (AvgIpc) is 2.57. The second-order valence-electron chi connectivity index (χ2n) is 5.24. The Morgan fingerprint density at radius 2 is 1.78 bits per heavy atom. The highest BCUT2D eigenvalue weighted by molar-refractivity contribution is 5.89. The number of rotatable bonds is 6. The molecule has 0 radical (unpaired) electrons. The van der Waals surface area contributed by atoms with Crippen LogP contribution in [-0.4, -0.2) is 24.9 Å². The van der Waals surface area contributed by atoms with E-state index in [4.69, 9.17) is 14.2 Å². The number of esters is 1. The Kier molecular flexibility index (Phi) is 5.71. The van der Waals surface area contributed by atoms with Crippen molar-refractivity contribution in [1.29, 1.82) is 0 Å². The molecule has 0 aliphatic rings. The number of hydrogen-bond donors (Lipinski definition) is 0. The van der Waals surface area contributed by atoms with Crippen molar-refractivity contribution in [2.45, 2.75) is 27.4 Å². The highest BCUT2D eigenvalue weighted by atomic mass is 16.7. The molecule has 0 saturated heterocycles. The molecule has 2 aromatic rings. The molecular weight excluding hydrogens is 294 g/mol. The van der Waals surface area contributed by atoms with E-state index in [9.17, 15) is 4.79 Å². The number of pyridine rings is 1. The number of hydrogen-bond acceptors (Lipinski definition) is 5. The third kappa shape index (κ3) is 4.07. The molecule has 1 heterocycles. The van der Waals surface area contributed by atoms with Crippen LogP contribution in [0.4, 0.5) is 0 Å². The summed E-state index contributed by atoms with van der Waals surface area (Å²) in [5.74, 6) is 0.208. The van der Waals surface area contributed by atoms with Crippen molar-refractivity contribution in [3.05, 3.63) is 58.4 Å². The van der Waals surface area contributed by atoms with Gasteiger partial charge in [-0.3, -0.25) is 0 Å². The van der Waals surface area contributed by atoms with Gasteiger partial charge in [0.05, 0.1) is 5.69 Å². The molecule has 5 heteroatoms. The van der Waals surface area contributed by atoms with Crippen LogP contribution >= 0.6 is 0 Å². The normalized spacial score (nSPS) is 10.4. The maximum Gasteiger partial charge on any atom is 0.357 e. The summed E-state index contributed by atoms with van der Waals surface area (Å²) in [4.78, 5) is 16.7. The van der Waals surface area contributed by atoms with Crippen LogP contribution in [0.25, 0.3) is 0 Å². The Morgan fingerprint density at radius 1 is 1.09 bits per heavy atom. The van der Waals surface area contributed by atoms with E-state index in [0.29, 0.717) is 17.1 Å². The molecule has 0 spiro atoms. The molecule has 0 amide bonds. The lowest BCUT2D eigenvalue weighted by atomic mass is 10.1. The molecule has 0 saturated carbocycles. The largest absolute Gasteiger partial charge is 0.465 e. The maximum atomic E-state index is 12.3. The number of ether oxygens (including phenoxy) is 3. The first-order valence-electron chi connectivity index (χ1n) is 7.35. The van der Waals surface area contributed by atoms with Crippen molar-refractivity contribution >= 4 is 5.97 Å². The van der Waals surface area contributed by atoms with Crippen molar-refractivity contribution in [1.82, 2.24) is 4.98 Å². The minimum atomic E-state index is -0.434. The summed E-state index contributed by atoms with van der Waals surface area (Å²) in [6.45, 7) is 5.89. The predicted molar refractivity (Wildman–Crippen MR) is 86.5 cm³/mol. The summed E-state index contributed by atoms with van der Waals surface area (Å²) in [5, 5.41) is 0. The molecule has 1 aromatic carbocycles. The summed E-state index contributed by atoms with van der Waals surface area (Å²) in [7, 11) is 1.56. The molecule has 5 nitrogen and oxygen atoms in total. The number of nitrogens with zero attached hydrogens (tertiary/aromatic N) is 1. The van der Waals surface area contributed by atoms with Gasteiger partial charge in [0.15, 0.2) is 12.5 Å². The van der Waals surface area contributed by atoms with E-state index < -0.39 is 5.97 Å². The van der Waals surface area contributed by atoms with Gasteiger partial charge in [-0.15, -0.1) is 0 Å². The fourth-order valence-corrected chi connectivity index (χ4v) is 2.24. The van der Waals surface area contributed by atoms with Crippen molar-refractivity contribution in [3.63, 3.8) is 0 Å². The van der Waals surface area contributed by atoms with Gasteiger partial charge in [-0.1, -0.05) is 30.3 Å². The zero-order chi connectivity index (χ0) is 16.8. The van der Waals surface area contributed by atoms with Crippen LogP contribution in [0.2, 0.25) is 0 Å². The Morgan fingerprint density at radius 3 is 2.43 bits per heavy atom. The topological polar surface area (TPSA) is 57.7 Å². The average molecular weight is 315 g/mol. The van der Waals surface area contributed by atoms with Gasteiger partial charge in [0.2, 0.25) is 0 Å². The highest BCUT2D eigenvalue weighted by Crippen LogP contribution is 2.27. The Balaban J connectivity index is 2.17. The first kappa shape index (κ1) is 17.0. The molecule has 0 atom stereocenters. The summed E-state index contributed by atoms with van der Waals surface area (Å²) >= 11 is 0. The van der Waals surface area contributed by atoms with Gasteiger partial charge in [-0.05, 0) is 37.5 Å². The lowest BCUT2D eigenvalue weighted by Gasteiger charge is -2.15. The molecule has 0 bridgehead atoms. The monoisotopic (exact) mass is 315 g/mol. The minimum Gasteiger partial charge on any atom is -0.465 e. The van der Waals surface area contributed by atoms with Gasteiger partial charge in [-0.25, -0.2) is 9.78 Å². The standard InChI is InChI=1S/C18H21NO4/c1-12-13(2)17(23-11-21-4)14(3)19-16(12)18(20)22-10-15-8-6-5-7-9-15/h5-9H,10-11H2,1-4H3. The second kappa shape index (κ2) is 7.74. The van der Waals surface area contributed by atoms with E-state index in [1.54, 1.807) is 14.0 Å². The van der Waals surface area contributed by atoms with Crippen LogP contribution in [0.1, 0.15) is 32.9 Å². The Bertz CT molecular complexity index is 683. The van der Waals surface area contributed by atoms with Gasteiger partial charge in [0.1, 0.15) is 12.4 Å². The Labute approximate surface area is 136 Å². The first-order chi connectivity index (χ1) is 11.0. The summed E-state index contributed by atoms with van der Waals surface area (Å²) in [5.41, 5.74) is 3.51. The molecule has 1 aromatic heterocycles. The van der Waals surface area contributed by atoms with Crippen LogP contribution in [0.15, 0.2) is 30.3 Å². The molecule has 0 aliphatic heterocycles. The van der Waals surface area contributed by atoms with Crippen molar-refractivity contribution in [2.75, 3.05) is 13.9 Å². The van der Waals surface area contributed by atoms with Gasteiger partial charge in [0, 0.05) is 7.11 Å². The smallest absolute Gasteiger partial charge is 0.357 e. The van der Waals surface area contributed by atoms with Crippen LogP contribution < -0.4 is 4.74 Å². The maximum absolute atomic E-state index is 12.3. The fraction of sp³-hybridized carbons (Fsp3) is 0.333. The van der Waals surface area contributed by atoms with Gasteiger partial charge < -0.3 is 14.2 Å². The summed E-state index contributed by atoms with van der Waals surface area (Å²) in [6, 6.07) is 9.55. The Hall–Kier alpha value is -2.40. The zero-order valence-corrected chi connectivity index (χ0v) is 13.9. The molecule has 0 fully saturated rings. The molecule has 0 unspecified atom stereocenters. The fourth-order valence-electron chi connectivity index (χ4n) is 2.24. The minimum absolute atomic E-state index is 0.139. The number of carbonyl (C=O) groups excluding carboxylic acids is 1. The molecule has 0 aliphatic carbocycles. The number of aryl methyl sites for hydroxylation is 1. The number of methoxy groups -OCH3 is 1. The van der Waals surface area contributed by atoms with Gasteiger partial charge in [0.25, 0.3) is 0 Å². The number of aromatic nitrogens is 1. The van der Waals surface area contributed by atoms with E-state index in [1.807, 2.05) is 44.2 Å². The van der Waals surface area contributed by atoms with Crippen LogP contribution in [0.3, 0.4) is 0 Å². The molecule has 122 valence electrons. The van der Waals surface area contributed by atoms with Crippen LogP contribution in [0, 0.1) is 20.8 Å². The van der Waals surface area contributed by atoms with E-state index in [0.717, 1.165) is 16.7 Å². The second-order valence-corrected chi connectivity index (χ2v) is 5.24. The quantitative estimate of drug-likeness (QED) is 0.604. The SMILES string of the molecule is COCOc1c(C)nc(C(=O)OCc2ccccc2)c(C)c1C. The molecule has 23 heavy (non-hydrogen) atoms. The highest BCUT2D eigenvalue weighted by Gasteiger charge is 2.19. The van der Waals surface area contributed by atoms with Crippen LogP contribution in [-0.2, 0) is 16.1 Å². The predicted octanol–water partition coefficient (Wildman–Crippen LogP) is 3.35. The zero-order valence-electron chi connectivity index (χ0n) is 13.9. The van der Waals surface area contributed by atoms with E-state index in [-0.39, 0.29) is 13.4 Å². The molecule has 2 rings (SSSR count). The van der Waals surface area contributed by atoms with Crippen molar-refractivity contribution < 1.29 is 19.0 Å². The van der Waals surface area contributed by atoms with E-state index >= 15 is 0 Å². The summed E-state index contributed by atoms with van der Waals surface area (Å²) in [6.07, 6.45) is 0. The lowest BCUT2D eigenvalue weighted by Crippen LogP contribution is -2.13. The molecule has 0 N–H and O–H groups in total. The number of benzene rings is 1. The summed E-state index contributed by atoms with van der Waals surface area (Å²) < 4.78 is 15.8. The van der Waals surface area contributed by atoms with Crippen molar-refractivity contribution in [2.24, 2.45) is 0 Å². The van der Waals surface area contributed by atoms with Crippen LogP contribution in [0.5, 0.6) is 5.75 Å². The van der Waals surface area contributed by atoms with E-state index in [2.05, 4.69) is 4.98 Å². The molecular formula is C18H21NO4. The third-order valence-corrected chi connectivity index (χ3v) is 3.59. The van der Waals surface area contributed by atoms with Crippen molar-refractivity contribution in [3.8, 4) is 5.75 Å². The van der Waals surface area contributed by atoms with Gasteiger partial charge in [-0.2, -0.15) is 0 Å². The van der Waals surface area contributed by atoms with E-state index in [1.165, 1.54) is 0 Å². The first-order valence-corrected chi connectivity index (χ1v) is 7.35. The third-order valence-electron chi connectivity index (χ3n) is 3.59. The number of carbonyl (C=O) groups is 1. The van der Waals surface area contributed by atoms with Gasteiger partial charge >= 0.3 is 5.97 Å².